The summed E-state index contributed by atoms with van der Waals surface area (Å²) >= 11 is 0. The highest BCUT2D eigenvalue weighted by atomic mass is 14.3. The van der Waals surface area contributed by atoms with Crippen molar-refractivity contribution in [3.05, 3.63) is 93.1 Å². The molecule has 0 saturated heterocycles. The highest BCUT2D eigenvalue weighted by Gasteiger charge is 2.26. The molecule has 0 aliphatic carbocycles. The molecule has 0 spiro atoms. The summed E-state index contributed by atoms with van der Waals surface area (Å²) in [6, 6.07) is 0. The van der Waals surface area contributed by atoms with Gasteiger partial charge in [0.15, 0.2) is 0 Å². The molecule has 0 heteroatoms. The molecular formula is C58H88. The van der Waals surface area contributed by atoms with Crippen LogP contribution in [-0.2, 0) is 0 Å². The van der Waals surface area contributed by atoms with E-state index >= 15 is 0 Å². The van der Waals surface area contributed by atoms with Gasteiger partial charge in [-0.05, 0) is 98.6 Å². The van der Waals surface area contributed by atoms with E-state index < -0.39 is 0 Å². The Hall–Kier alpha value is -3.38. The Morgan fingerprint density at radius 3 is 0.379 bits per heavy atom. The lowest BCUT2D eigenvalue weighted by molar-refractivity contribution is 0.546. The predicted octanol–water partition coefficient (Wildman–Crippen LogP) is 19.3. The lowest BCUT2D eigenvalue weighted by atomic mass is 9.77. The van der Waals surface area contributed by atoms with Crippen molar-refractivity contribution < 1.29 is 0 Å². The molecule has 0 aliphatic rings. The molecule has 0 bridgehead atoms. The molecule has 0 saturated carbocycles. The summed E-state index contributed by atoms with van der Waals surface area (Å²) in [5, 5.41) is 2.59. The molecule has 2 aromatic rings. The Balaban J connectivity index is 4.08. The van der Waals surface area contributed by atoms with Crippen LogP contribution in [0, 0.1) is 43.3 Å². The minimum Gasteiger partial charge on any atom is -0.0785 e. The lowest BCUT2D eigenvalue weighted by Gasteiger charge is -2.27. The second-order valence-electron chi connectivity index (χ2n) is 25.7. The summed E-state index contributed by atoms with van der Waals surface area (Å²) in [6.45, 7) is 55.3. The van der Waals surface area contributed by atoms with Crippen LogP contribution < -0.4 is 0 Å². The molecule has 0 aliphatic heterocycles. The first-order valence-corrected chi connectivity index (χ1v) is 22.0. The predicted molar refractivity (Wildman–Crippen MR) is 272 cm³/mol. The van der Waals surface area contributed by atoms with Crippen molar-refractivity contribution in [1.29, 1.82) is 0 Å². The first-order valence-electron chi connectivity index (χ1n) is 22.0. The number of benzene rings is 2. The fraction of sp³-hybridized carbons (Fsp3) is 0.552. The van der Waals surface area contributed by atoms with Crippen molar-refractivity contribution in [3.8, 4) is 0 Å². The molecule has 0 atom stereocenters. The molecule has 320 valence electrons. The zero-order valence-corrected chi connectivity index (χ0v) is 42.2. The van der Waals surface area contributed by atoms with Crippen molar-refractivity contribution in [3.63, 3.8) is 0 Å². The van der Waals surface area contributed by atoms with Gasteiger partial charge in [-0.15, -0.1) is 0 Å². The molecule has 0 aromatic heterocycles. The van der Waals surface area contributed by atoms with Crippen LogP contribution in [0.3, 0.4) is 0 Å². The van der Waals surface area contributed by atoms with E-state index in [1.54, 1.807) is 0 Å². The summed E-state index contributed by atoms with van der Waals surface area (Å²) in [4.78, 5) is 0. The van der Waals surface area contributed by atoms with E-state index in [2.05, 4.69) is 263 Å². The minimum absolute atomic E-state index is 0.00974. The van der Waals surface area contributed by atoms with Gasteiger partial charge >= 0.3 is 0 Å². The Labute approximate surface area is 360 Å². The molecular weight excluding hydrogens is 697 g/mol. The molecule has 2 rings (SSSR count). The summed E-state index contributed by atoms with van der Waals surface area (Å²) in [6.07, 6.45) is 38.8. The van der Waals surface area contributed by atoms with Crippen LogP contribution in [0.2, 0.25) is 0 Å². The number of fused-ring (bicyclic) bond motifs is 1. The second-order valence-corrected chi connectivity index (χ2v) is 25.7. The van der Waals surface area contributed by atoms with Crippen molar-refractivity contribution in [2.24, 2.45) is 43.3 Å². The van der Waals surface area contributed by atoms with E-state index in [0.29, 0.717) is 0 Å². The maximum absolute atomic E-state index is 2.45. The molecule has 0 unspecified atom stereocenters. The smallest absolute Gasteiger partial charge is 0.00141 e. The van der Waals surface area contributed by atoms with E-state index in [9.17, 15) is 0 Å². The Morgan fingerprint density at radius 1 is 0.172 bits per heavy atom. The summed E-state index contributed by atoms with van der Waals surface area (Å²) in [5.74, 6) is 0. The number of hydrogen-bond acceptors (Lipinski definition) is 0. The third-order valence-corrected chi connectivity index (χ3v) is 9.07. The van der Waals surface area contributed by atoms with Crippen molar-refractivity contribution in [1.82, 2.24) is 0 Å². The van der Waals surface area contributed by atoms with Gasteiger partial charge < -0.3 is 0 Å². The third-order valence-electron chi connectivity index (χ3n) is 9.07. The van der Waals surface area contributed by atoms with Gasteiger partial charge in [0, 0.05) is 0 Å². The van der Waals surface area contributed by atoms with Crippen LogP contribution in [0.1, 0.15) is 211 Å². The van der Waals surface area contributed by atoms with Crippen LogP contribution in [0.4, 0.5) is 0 Å². The van der Waals surface area contributed by atoms with Gasteiger partial charge in [-0.2, -0.15) is 0 Å². The lowest BCUT2D eigenvalue weighted by Crippen LogP contribution is -2.08. The van der Waals surface area contributed by atoms with E-state index in [1.807, 2.05) is 0 Å². The first kappa shape index (κ1) is 50.8. The third kappa shape index (κ3) is 17.9. The van der Waals surface area contributed by atoms with Gasteiger partial charge in [-0.3, -0.25) is 0 Å². The molecule has 0 heterocycles. The molecule has 2 aromatic carbocycles. The van der Waals surface area contributed by atoms with Crippen LogP contribution in [0.25, 0.3) is 59.4 Å². The van der Waals surface area contributed by atoms with Crippen LogP contribution in [-0.4, -0.2) is 0 Å². The number of allylic oxidation sites excluding steroid dienone is 8. The van der Waals surface area contributed by atoms with Crippen molar-refractivity contribution in [2.75, 3.05) is 0 Å². The minimum atomic E-state index is -0.0235. The maximum Gasteiger partial charge on any atom is -0.00141 e. The van der Waals surface area contributed by atoms with Gasteiger partial charge in [-0.25, -0.2) is 0 Å². The average molecular weight is 785 g/mol. The SMILES string of the molecule is CC(C)(C)C=Cc1c(C=CC(C)(C)C)c(C=CC(C)(C)C)c2c(C=CC(C)(C)C)c(C=CC(C)(C)C)c(C=CC(C)(C)C)c(C=CC(C)(C)C)c2c1C=CC(C)(C)C. The molecule has 58 heavy (non-hydrogen) atoms. The van der Waals surface area contributed by atoms with Crippen LogP contribution >= 0.6 is 0 Å². The zero-order valence-electron chi connectivity index (χ0n) is 42.2. The Bertz CT molecular complexity index is 1690. The van der Waals surface area contributed by atoms with Gasteiger partial charge in [0.2, 0.25) is 0 Å². The Morgan fingerprint density at radius 2 is 0.276 bits per heavy atom. The first-order chi connectivity index (χ1) is 25.8. The molecule has 0 fully saturated rings. The van der Waals surface area contributed by atoms with Gasteiger partial charge in [-0.1, -0.05) is 263 Å². The monoisotopic (exact) mass is 785 g/mol. The van der Waals surface area contributed by atoms with Crippen molar-refractivity contribution in [2.45, 2.75) is 166 Å². The van der Waals surface area contributed by atoms with E-state index in [1.165, 1.54) is 55.3 Å². The quantitative estimate of drug-likeness (QED) is 0.250. The summed E-state index contributed by atoms with van der Waals surface area (Å²) in [5.41, 5.74) is 9.98. The summed E-state index contributed by atoms with van der Waals surface area (Å²) < 4.78 is 0. The van der Waals surface area contributed by atoms with Crippen LogP contribution in [0.15, 0.2) is 48.6 Å². The molecule has 0 radical (unpaired) electrons. The highest BCUT2D eigenvalue weighted by molar-refractivity contribution is 6.13. The van der Waals surface area contributed by atoms with Crippen molar-refractivity contribution >= 4 is 59.4 Å². The van der Waals surface area contributed by atoms with E-state index in [4.69, 9.17) is 0 Å². The molecule has 0 nitrogen and oxygen atoms in total. The average Bonchev–Trinajstić information content (AvgIpc) is 2.97. The standard InChI is InChI=1S/C58H88/c1-51(2,3)33-25-41-42(26-34-52(4,5)6)46(30-38-56(16,17)18)50-48(32-40-58(22,23)24)44(28-36-54(10,11)12)43(27-35-53(7,8)9)47(31-39-57(19,20)21)49(50)45(41)29-37-55(13,14)15/h25-40H,1-24H3. The van der Waals surface area contributed by atoms with Gasteiger partial charge in [0.1, 0.15) is 0 Å². The topological polar surface area (TPSA) is 0 Å². The van der Waals surface area contributed by atoms with E-state index in [0.717, 1.165) is 0 Å². The Kier molecular flexibility index (Phi) is 15.8. The molecule has 0 N–H and O–H groups in total. The van der Waals surface area contributed by atoms with Gasteiger partial charge in [0.05, 0.1) is 0 Å². The number of hydrogen-bond donors (Lipinski definition) is 0. The number of rotatable bonds is 8. The van der Waals surface area contributed by atoms with Gasteiger partial charge in [0.25, 0.3) is 0 Å². The summed E-state index contributed by atoms with van der Waals surface area (Å²) in [7, 11) is 0. The molecule has 0 amide bonds. The normalized spacial score (nSPS) is 15.4. The second kappa shape index (κ2) is 18.1. The zero-order chi connectivity index (χ0) is 45.1. The highest BCUT2D eigenvalue weighted by Crippen LogP contribution is 2.46. The fourth-order valence-corrected chi connectivity index (χ4v) is 6.03. The fourth-order valence-electron chi connectivity index (χ4n) is 6.03. The largest absolute Gasteiger partial charge is 0.0785 e. The maximum atomic E-state index is 2.45. The van der Waals surface area contributed by atoms with Crippen LogP contribution in [0.5, 0.6) is 0 Å². The van der Waals surface area contributed by atoms with E-state index in [-0.39, 0.29) is 43.3 Å².